The van der Waals surface area contributed by atoms with E-state index >= 15 is 0 Å². The minimum absolute atomic E-state index is 0.312. The van der Waals surface area contributed by atoms with E-state index in [4.69, 9.17) is 4.74 Å². The van der Waals surface area contributed by atoms with Gasteiger partial charge in [-0.25, -0.2) is 0 Å². The van der Waals surface area contributed by atoms with Crippen LogP contribution in [0.4, 0.5) is 0 Å². The maximum atomic E-state index is 5.77. The van der Waals surface area contributed by atoms with Crippen LogP contribution in [-0.4, -0.2) is 12.4 Å². The molecule has 2 unspecified atom stereocenters. The second kappa shape index (κ2) is 5.15. The van der Waals surface area contributed by atoms with Crippen LogP contribution in [0.3, 0.4) is 0 Å². The van der Waals surface area contributed by atoms with Crippen molar-refractivity contribution in [2.75, 3.05) is 12.4 Å². The molecule has 2 aromatic rings. The minimum atomic E-state index is 0.312. The summed E-state index contributed by atoms with van der Waals surface area (Å²) in [6.07, 6.45) is 1.18. The van der Waals surface area contributed by atoms with Gasteiger partial charge in [-0.3, -0.25) is 0 Å². The van der Waals surface area contributed by atoms with Crippen LogP contribution in [0.25, 0.3) is 0 Å². The third kappa shape index (κ3) is 2.11. The summed E-state index contributed by atoms with van der Waals surface area (Å²) in [5.74, 6) is 2.22. The zero-order valence-corrected chi connectivity index (χ0v) is 12.0. The van der Waals surface area contributed by atoms with Gasteiger partial charge in [0.1, 0.15) is 12.4 Å². The molecule has 2 heterocycles. The normalized spacial score (nSPS) is 23.8. The molecule has 0 spiro atoms. The largest absolute Gasteiger partial charge is 0.491 e. The van der Waals surface area contributed by atoms with Crippen LogP contribution in [0.1, 0.15) is 29.6 Å². The molecule has 0 saturated carbocycles. The van der Waals surface area contributed by atoms with Crippen LogP contribution in [-0.2, 0) is 0 Å². The van der Waals surface area contributed by atoms with Gasteiger partial charge in [-0.2, -0.15) is 0 Å². The molecule has 4 rings (SSSR count). The highest BCUT2D eigenvalue weighted by Crippen LogP contribution is 2.39. The van der Waals surface area contributed by atoms with Crippen molar-refractivity contribution in [1.82, 2.24) is 5.32 Å². The number of hydrogen-bond acceptors (Lipinski definition) is 3. The van der Waals surface area contributed by atoms with Crippen LogP contribution in [0, 0.1) is 0 Å². The number of thioether (sulfide) groups is 1. The van der Waals surface area contributed by atoms with E-state index in [0.29, 0.717) is 12.1 Å². The third-order valence-corrected chi connectivity index (χ3v) is 5.18. The molecule has 2 atom stereocenters. The Labute approximate surface area is 123 Å². The summed E-state index contributed by atoms with van der Waals surface area (Å²) in [7, 11) is 0. The number of benzene rings is 2. The molecule has 0 bridgehead atoms. The molecule has 0 saturated heterocycles. The van der Waals surface area contributed by atoms with Crippen molar-refractivity contribution in [2.24, 2.45) is 0 Å². The van der Waals surface area contributed by atoms with E-state index in [1.165, 1.54) is 28.2 Å². The first kappa shape index (κ1) is 12.3. The van der Waals surface area contributed by atoms with E-state index in [0.717, 1.165) is 12.4 Å². The highest BCUT2D eigenvalue weighted by Gasteiger charge is 2.28. The Hall–Kier alpha value is -1.45. The molecule has 0 aliphatic carbocycles. The number of hydrogen-bond donors (Lipinski definition) is 1. The average molecular weight is 283 g/mol. The molecule has 0 aromatic heterocycles. The van der Waals surface area contributed by atoms with Gasteiger partial charge in [-0.15, -0.1) is 11.8 Å². The zero-order chi connectivity index (χ0) is 13.4. The van der Waals surface area contributed by atoms with Gasteiger partial charge in [0.15, 0.2) is 0 Å². The molecule has 0 amide bonds. The lowest BCUT2D eigenvalue weighted by Crippen LogP contribution is -2.29. The molecule has 2 nitrogen and oxygen atoms in total. The Morgan fingerprint density at radius 3 is 2.70 bits per heavy atom. The molecule has 2 aliphatic heterocycles. The Morgan fingerprint density at radius 1 is 0.950 bits per heavy atom. The Balaban J connectivity index is 1.59. The summed E-state index contributed by atoms with van der Waals surface area (Å²) in [5.41, 5.74) is 2.73. The highest BCUT2D eigenvalue weighted by molar-refractivity contribution is 7.99. The molecule has 102 valence electrons. The topological polar surface area (TPSA) is 21.3 Å². The molecule has 0 fully saturated rings. The van der Waals surface area contributed by atoms with Gasteiger partial charge in [0, 0.05) is 16.5 Å². The van der Waals surface area contributed by atoms with Crippen LogP contribution in [0.2, 0.25) is 0 Å². The van der Waals surface area contributed by atoms with Crippen LogP contribution < -0.4 is 10.1 Å². The lowest BCUT2D eigenvalue weighted by Gasteiger charge is -2.28. The van der Waals surface area contributed by atoms with Crippen LogP contribution >= 0.6 is 11.8 Å². The highest BCUT2D eigenvalue weighted by atomic mass is 32.2. The van der Waals surface area contributed by atoms with Crippen molar-refractivity contribution in [3.05, 3.63) is 59.7 Å². The summed E-state index contributed by atoms with van der Waals surface area (Å²) in [4.78, 5) is 1.42. The maximum absolute atomic E-state index is 5.77. The fourth-order valence-corrected chi connectivity index (χ4v) is 4.18. The standard InChI is InChI=1S/C17H17NOS/c1-3-7-16-12(5-1)15(11-19-16)18-14-9-10-20-17-8-4-2-6-13(14)17/h1-8,14-15,18H,9-11H2. The predicted octanol–water partition coefficient (Wildman–Crippen LogP) is 3.95. The van der Waals surface area contributed by atoms with Gasteiger partial charge < -0.3 is 10.1 Å². The maximum Gasteiger partial charge on any atom is 0.124 e. The molecule has 1 N–H and O–H groups in total. The lowest BCUT2D eigenvalue weighted by atomic mass is 10.0. The van der Waals surface area contributed by atoms with E-state index in [1.54, 1.807) is 0 Å². The molecule has 3 heteroatoms. The van der Waals surface area contributed by atoms with E-state index in [1.807, 2.05) is 17.8 Å². The van der Waals surface area contributed by atoms with Crippen molar-refractivity contribution in [1.29, 1.82) is 0 Å². The number of fused-ring (bicyclic) bond motifs is 2. The first-order valence-corrected chi connectivity index (χ1v) is 8.10. The summed E-state index contributed by atoms with van der Waals surface area (Å²) in [6.45, 7) is 0.741. The smallest absolute Gasteiger partial charge is 0.124 e. The van der Waals surface area contributed by atoms with Crippen molar-refractivity contribution in [3.63, 3.8) is 0 Å². The summed E-state index contributed by atoms with van der Waals surface area (Å²) >= 11 is 1.96. The summed E-state index contributed by atoms with van der Waals surface area (Å²) in [6, 6.07) is 17.8. The van der Waals surface area contributed by atoms with Crippen molar-refractivity contribution in [2.45, 2.75) is 23.4 Å². The first-order valence-electron chi connectivity index (χ1n) is 7.11. The molecule has 2 aliphatic rings. The van der Waals surface area contributed by atoms with Gasteiger partial charge in [0.2, 0.25) is 0 Å². The third-order valence-electron chi connectivity index (χ3n) is 4.06. The fourth-order valence-electron chi connectivity index (χ4n) is 3.06. The van der Waals surface area contributed by atoms with Gasteiger partial charge in [0.25, 0.3) is 0 Å². The van der Waals surface area contributed by atoms with Gasteiger partial charge >= 0.3 is 0 Å². The second-order valence-electron chi connectivity index (χ2n) is 5.30. The van der Waals surface area contributed by atoms with Gasteiger partial charge in [-0.1, -0.05) is 36.4 Å². The van der Waals surface area contributed by atoms with Crippen molar-refractivity contribution in [3.8, 4) is 5.75 Å². The monoisotopic (exact) mass is 283 g/mol. The number of para-hydroxylation sites is 1. The molecule has 20 heavy (non-hydrogen) atoms. The van der Waals surface area contributed by atoms with E-state index in [-0.39, 0.29) is 0 Å². The van der Waals surface area contributed by atoms with Gasteiger partial charge in [-0.05, 0) is 29.9 Å². The lowest BCUT2D eigenvalue weighted by molar-refractivity contribution is 0.295. The van der Waals surface area contributed by atoms with Crippen molar-refractivity contribution < 1.29 is 4.74 Å². The minimum Gasteiger partial charge on any atom is -0.491 e. The molecular weight excluding hydrogens is 266 g/mol. The molecular formula is C17H17NOS. The molecule has 0 radical (unpaired) electrons. The van der Waals surface area contributed by atoms with Crippen molar-refractivity contribution >= 4 is 11.8 Å². The number of ether oxygens (including phenoxy) is 1. The van der Waals surface area contributed by atoms with Crippen LogP contribution in [0.15, 0.2) is 53.4 Å². The van der Waals surface area contributed by atoms with E-state index in [9.17, 15) is 0 Å². The predicted molar refractivity (Wildman–Crippen MR) is 82.3 cm³/mol. The Kier molecular flexibility index (Phi) is 3.17. The Morgan fingerprint density at radius 2 is 1.75 bits per heavy atom. The van der Waals surface area contributed by atoms with Gasteiger partial charge in [0.05, 0.1) is 6.04 Å². The first-order chi connectivity index (χ1) is 9.92. The second-order valence-corrected chi connectivity index (χ2v) is 6.43. The zero-order valence-electron chi connectivity index (χ0n) is 11.2. The fraction of sp³-hybridized carbons (Fsp3) is 0.294. The molecule has 2 aromatic carbocycles. The Bertz CT molecular complexity index is 628. The summed E-state index contributed by atoms with van der Waals surface area (Å²) in [5, 5.41) is 3.79. The SMILES string of the molecule is c1ccc2c(c1)OCC2NC1CCSc2ccccc21. The average Bonchev–Trinajstić information content (AvgIpc) is 2.91. The van der Waals surface area contributed by atoms with E-state index in [2.05, 4.69) is 47.8 Å². The number of nitrogens with one attached hydrogen (secondary N) is 1. The van der Waals surface area contributed by atoms with E-state index < -0.39 is 0 Å². The number of rotatable bonds is 2. The summed E-state index contributed by atoms with van der Waals surface area (Å²) < 4.78 is 5.77. The quantitative estimate of drug-likeness (QED) is 0.902. The van der Waals surface area contributed by atoms with Crippen LogP contribution in [0.5, 0.6) is 5.75 Å².